The van der Waals surface area contributed by atoms with Crippen LogP contribution in [0.4, 0.5) is 0 Å². The first-order valence-corrected chi connectivity index (χ1v) is 6.55. The Morgan fingerprint density at radius 1 is 1.00 bits per heavy atom. The molecule has 0 spiro atoms. The van der Waals surface area contributed by atoms with Crippen LogP contribution in [-0.2, 0) is 6.42 Å². The van der Waals surface area contributed by atoms with E-state index in [1.54, 1.807) is 11.3 Å². The van der Waals surface area contributed by atoms with Gasteiger partial charge in [0.2, 0.25) is 0 Å². The molecule has 0 aliphatic carbocycles. The average molecular weight is 240 g/mol. The Hall–Kier alpha value is -1.67. The van der Waals surface area contributed by atoms with Gasteiger partial charge in [0.25, 0.3) is 0 Å². The average Bonchev–Trinajstić information content (AvgIpc) is 2.38. The minimum Gasteiger partial charge on any atom is -0.289 e. The van der Waals surface area contributed by atoms with Gasteiger partial charge in [0, 0.05) is 20.2 Å². The third-order valence-corrected chi connectivity index (χ3v) is 4.18. The molecule has 84 valence electrons. The van der Waals surface area contributed by atoms with E-state index < -0.39 is 0 Å². The maximum Gasteiger partial charge on any atom is 0.195 e. The molecule has 1 aromatic heterocycles. The first kappa shape index (κ1) is 10.5. The second kappa shape index (κ2) is 3.97. The molecule has 0 aliphatic rings. The van der Waals surface area contributed by atoms with Crippen molar-refractivity contribution in [2.75, 3.05) is 0 Å². The van der Waals surface area contributed by atoms with E-state index in [-0.39, 0.29) is 5.43 Å². The van der Waals surface area contributed by atoms with Crippen molar-refractivity contribution < 1.29 is 0 Å². The SMILES string of the molecule is CCc1ccc2c(=O)c3ccccc3sc2c1. The van der Waals surface area contributed by atoms with Crippen LogP contribution < -0.4 is 5.43 Å². The molecule has 2 heteroatoms. The molecule has 3 aromatic rings. The molecule has 1 heterocycles. The molecule has 0 N–H and O–H groups in total. The number of hydrogen-bond acceptors (Lipinski definition) is 2. The van der Waals surface area contributed by atoms with Crippen LogP contribution in [0.5, 0.6) is 0 Å². The summed E-state index contributed by atoms with van der Waals surface area (Å²) in [6.07, 6.45) is 1.00. The zero-order valence-corrected chi connectivity index (χ0v) is 10.4. The van der Waals surface area contributed by atoms with Crippen LogP contribution in [-0.4, -0.2) is 0 Å². The molecule has 3 rings (SSSR count). The fourth-order valence-corrected chi connectivity index (χ4v) is 3.20. The summed E-state index contributed by atoms with van der Waals surface area (Å²) in [6.45, 7) is 2.13. The van der Waals surface area contributed by atoms with E-state index in [2.05, 4.69) is 13.0 Å². The van der Waals surface area contributed by atoms with E-state index in [1.807, 2.05) is 36.4 Å². The van der Waals surface area contributed by atoms with Crippen molar-refractivity contribution in [2.24, 2.45) is 0 Å². The normalized spacial score (nSPS) is 11.1. The molecular formula is C15H12OS. The van der Waals surface area contributed by atoms with Gasteiger partial charge in [0.05, 0.1) is 0 Å². The third-order valence-electron chi connectivity index (χ3n) is 3.05. The Bertz CT molecular complexity index is 756. The molecule has 0 bridgehead atoms. The molecule has 2 aromatic carbocycles. The van der Waals surface area contributed by atoms with Crippen molar-refractivity contribution in [1.29, 1.82) is 0 Å². The topological polar surface area (TPSA) is 17.1 Å². The molecule has 0 fully saturated rings. The molecule has 0 saturated heterocycles. The Labute approximate surface area is 103 Å². The van der Waals surface area contributed by atoms with E-state index >= 15 is 0 Å². The summed E-state index contributed by atoms with van der Waals surface area (Å²) >= 11 is 1.69. The van der Waals surface area contributed by atoms with Crippen LogP contribution in [0.15, 0.2) is 47.3 Å². The summed E-state index contributed by atoms with van der Waals surface area (Å²) < 4.78 is 2.16. The Morgan fingerprint density at radius 2 is 1.76 bits per heavy atom. The van der Waals surface area contributed by atoms with Gasteiger partial charge in [-0.05, 0) is 36.2 Å². The first-order valence-electron chi connectivity index (χ1n) is 5.74. The van der Waals surface area contributed by atoms with Crippen molar-refractivity contribution in [3.63, 3.8) is 0 Å². The van der Waals surface area contributed by atoms with Crippen LogP contribution >= 0.6 is 11.3 Å². The highest BCUT2D eigenvalue weighted by molar-refractivity contribution is 7.24. The Morgan fingerprint density at radius 3 is 2.59 bits per heavy atom. The Balaban J connectivity index is 2.50. The Kier molecular flexibility index (Phi) is 2.45. The number of hydrogen-bond donors (Lipinski definition) is 0. The molecule has 17 heavy (non-hydrogen) atoms. The van der Waals surface area contributed by atoms with Gasteiger partial charge in [-0.2, -0.15) is 0 Å². The first-order chi connectivity index (χ1) is 8.29. The van der Waals surface area contributed by atoms with E-state index in [0.717, 1.165) is 26.6 Å². The summed E-state index contributed by atoms with van der Waals surface area (Å²) in [7, 11) is 0. The maximum absolute atomic E-state index is 12.3. The lowest BCUT2D eigenvalue weighted by atomic mass is 10.1. The van der Waals surface area contributed by atoms with Crippen molar-refractivity contribution in [3.05, 3.63) is 58.3 Å². The molecule has 0 atom stereocenters. The van der Waals surface area contributed by atoms with Crippen LogP contribution in [0.1, 0.15) is 12.5 Å². The highest BCUT2D eigenvalue weighted by Gasteiger charge is 2.05. The van der Waals surface area contributed by atoms with Crippen molar-refractivity contribution in [1.82, 2.24) is 0 Å². The lowest BCUT2D eigenvalue weighted by Gasteiger charge is -2.02. The van der Waals surface area contributed by atoms with Crippen LogP contribution in [0.25, 0.3) is 20.2 Å². The quantitative estimate of drug-likeness (QED) is 0.588. The zero-order valence-electron chi connectivity index (χ0n) is 9.57. The number of aryl methyl sites for hydroxylation is 1. The number of fused-ring (bicyclic) bond motifs is 2. The molecule has 0 saturated carbocycles. The maximum atomic E-state index is 12.3. The molecule has 0 aliphatic heterocycles. The predicted molar refractivity (Wildman–Crippen MR) is 75.0 cm³/mol. The van der Waals surface area contributed by atoms with Gasteiger partial charge in [0.1, 0.15) is 0 Å². The van der Waals surface area contributed by atoms with E-state index in [0.29, 0.717) is 0 Å². The van der Waals surface area contributed by atoms with Gasteiger partial charge in [-0.1, -0.05) is 25.1 Å². The van der Waals surface area contributed by atoms with E-state index in [9.17, 15) is 4.79 Å². The fourth-order valence-electron chi connectivity index (χ4n) is 2.07. The van der Waals surface area contributed by atoms with Crippen LogP contribution in [0, 0.1) is 0 Å². The van der Waals surface area contributed by atoms with Crippen molar-refractivity contribution in [3.8, 4) is 0 Å². The highest BCUT2D eigenvalue weighted by atomic mass is 32.1. The minimum atomic E-state index is 0.150. The molecule has 1 nitrogen and oxygen atoms in total. The summed E-state index contributed by atoms with van der Waals surface area (Å²) in [5.74, 6) is 0. The van der Waals surface area contributed by atoms with Crippen LogP contribution in [0.2, 0.25) is 0 Å². The second-order valence-electron chi connectivity index (χ2n) is 4.11. The third kappa shape index (κ3) is 1.65. The minimum absolute atomic E-state index is 0.150. The lowest BCUT2D eigenvalue weighted by molar-refractivity contribution is 1.15. The van der Waals surface area contributed by atoms with E-state index in [4.69, 9.17) is 0 Å². The van der Waals surface area contributed by atoms with Gasteiger partial charge in [-0.3, -0.25) is 4.79 Å². The number of rotatable bonds is 1. The summed E-state index contributed by atoms with van der Waals surface area (Å²) in [6, 6.07) is 14.0. The van der Waals surface area contributed by atoms with Gasteiger partial charge in [-0.25, -0.2) is 0 Å². The second-order valence-corrected chi connectivity index (χ2v) is 5.20. The lowest BCUT2D eigenvalue weighted by Crippen LogP contribution is -2.00. The molecule has 0 amide bonds. The number of benzene rings is 2. The molecule has 0 radical (unpaired) electrons. The van der Waals surface area contributed by atoms with Gasteiger partial charge < -0.3 is 0 Å². The standard InChI is InChI=1S/C15H12OS/c1-2-10-7-8-12-14(9-10)17-13-6-4-3-5-11(13)15(12)16/h3-9H,2H2,1H3. The van der Waals surface area contributed by atoms with Gasteiger partial charge in [-0.15, -0.1) is 11.3 Å². The van der Waals surface area contributed by atoms with Crippen molar-refractivity contribution in [2.45, 2.75) is 13.3 Å². The van der Waals surface area contributed by atoms with Crippen molar-refractivity contribution >= 4 is 31.5 Å². The van der Waals surface area contributed by atoms with Gasteiger partial charge >= 0.3 is 0 Å². The smallest absolute Gasteiger partial charge is 0.195 e. The molecular weight excluding hydrogens is 228 g/mol. The van der Waals surface area contributed by atoms with E-state index in [1.165, 1.54) is 5.56 Å². The van der Waals surface area contributed by atoms with Crippen LogP contribution in [0.3, 0.4) is 0 Å². The summed E-state index contributed by atoms with van der Waals surface area (Å²) in [5.41, 5.74) is 1.43. The fraction of sp³-hybridized carbons (Fsp3) is 0.133. The summed E-state index contributed by atoms with van der Waals surface area (Å²) in [5, 5.41) is 1.67. The summed E-state index contributed by atoms with van der Waals surface area (Å²) in [4.78, 5) is 12.3. The highest BCUT2D eigenvalue weighted by Crippen LogP contribution is 2.25. The van der Waals surface area contributed by atoms with Gasteiger partial charge in [0.15, 0.2) is 5.43 Å². The predicted octanol–water partition coefficient (Wildman–Crippen LogP) is 3.98. The molecule has 0 unspecified atom stereocenters. The zero-order chi connectivity index (χ0) is 11.8. The monoisotopic (exact) mass is 240 g/mol. The largest absolute Gasteiger partial charge is 0.289 e.